The van der Waals surface area contributed by atoms with Crippen LogP contribution in [0.2, 0.25) is 0 Å². The van der Waals surface area contributed by atoms with Gasteiger partial charge in [-0.25, -0.2) is 4.79 Å². The number of rotatable bonds is 12. The summed E-state index contributed by atoms with van der Waals surface area (Å²) in [7, 11) is 0. The molecule has 0 rings (SSSR count). The molecule has 0 bridgehead atoms. The maximum Gasteiger partial charge on any atom is 0.330 e. The van der Waals surface area contributed by atoms with Gasteiger partial charge in [0.2, 0.25) is 0 Å². The van der Waals surface area contributed by atoms with Crippen LogP contribution < -0.4 is 0 Å². The van der Waals surface area contributed by atoms with Crippen molar-refractivity contribution in [1.29, 1.82) is 0 Å². The lowest BCUT2D eigenvalue weighted by molar-refractivity contribution is -0.132. The molecule has 106 valence electrons. The van der Waals surface area contributed by atoms with Gasteiger partial charge in [0.25, 0.3) is 0 Å². The Kier molecular flexibility index (Phi) is 10.8. The van der Waals surface area contributed by atoms with Crippen LogP contribution in [0.5, 0.6) is 0 Å². The molecule has 0 atom stereocenters. The highest BCUT2D eigenvalue weighted by Gasteiger charge is 2.06. The molecule has 0 aliphatic carbocycles. The van der Waals surface area contributed by atoms with Gasteiger partial charge in [-0.2, -0.15) is 0 Å². The highest BCUT2D eigenvalue weighted by molar-refractivity contribution is 5.85. The summed E-state index contributed by atoms with van der Waals surface area (Å²) in [5.41, 5.74) is 0.337. The van der Waals surface area contributed by atoms with Crippen LogP contribution in [0.3, 0.4) is 0 Å². The average Bonchev–Trinajstić information content (AvgIpc) is 2.36. The van der Waals surface area contributed by atoms with Crippen LogP contribution in [0.25, 0.3) is 0 Å². The molecule has 0 spiro atoms. The van der Waals surface area contributed by atoms with Gasteiger partial charge in [0.05, 0.1) is 0 Å². The Morgan fingerprint density at radius 1 is 1.00 bits per heavy atom. The van der Waals surface area contributed by atoms with Crippen LogP contribution in [0.1, 0.15) is 58.8 Å². The van der Waals surface area contributed by atoms with Gasteiger partial charge in [-0.05, 0) is 51.7 Å². The van der Waals surface area contributed by atoms with E-state index >= 15 is 0 Å². The molecule has 0 saturated carbocycles. The van der Waals surface area contributed by atoms with E-state index in [0.717, 1.165) is 19.4 Å². The Hall–Kier alpha value is -0.830. The molecule has 0 saturated heterocycles. The molecule has 0 aliphatic heterocycles. The second-order valence-electron chi connectivity index (χ2n) is 4.91. The Balaban J connectivity index is 3.73. The van der Waals surface area contributed by atoms with Gasteiger partial charge in [0.15, 0.2) is 0 Å². The molecular weight excluding hydrogens is 226 g/mol. The van der Waals surface area contributed by atoms with E-state index in [4.69, 9.17) is 5.11 Å². The van der Waals surface area contributed by atoms with Crippen molar-refractivity contribution in [3.8, 4) is 0 Å². The maximum atomic E-state index is 10.6. The summed E-state index contributed by atoms with van der Waals surface area (Å²) in [6, 6.07) is 0. The first-order chi connectivity index (χ1) is 8.61. The Labute approximate surface area is 112 Å². The number of unbranched alkanes of at least 4 members (excludes halogenated alkanes) is 3. The van der Waals surface area contributed by atoms with Crippen LogP contribution >= 0.6 is 0 Å². The molecular formula is C15H29NO2. The number of aliphatic carboxylic acids is 1. The topological polar surface area (TPSA) is 40.5 Å². The third kappa shape index (κ3) is 9.23. The van der Waals surface area contributed by atoms with Crippen molar-refractivity contribution in [2.75, 3.05) is 19.6 Å². The summed E-state index contributed by atoms with van der Waals surface area (Å²) < 4.78 is 0. The summed E-state index contributed by atoms with van der Waals surface area (Å²) in [6.45, 7) is 11.4. The van der Waals surface area contributed by atoms with Crippen LogP contribution in [-0.4, -0.2) is 35.6 Å². The fourth-order valence-electron chi connectivity index (χ4n) is 1.88. The Morgan fingerprint density at radius 2 is 1.50 bits per heavy atom. The number of carboxylic acid groups (broad SMARTS) is 1. The van der Waals surface area contributed by atoms with E-state index < -0.39 is 5.97 Å². The van der Waals surface area contributed by atoms with Gasteiger partial charge in [-0.15, -0.1) is 0 Å². The number of hydrogen-bond acceptors (Lipinski definition) is 2. The van der Waals surface area contributed by atoms with Crippen molar-refractivity contribution in [2.24, 2.45) is 0 Å². The van der Waals surface area contributed by atoms with E-state index in [1.165, 1.54) is 38.8 Å². The first kappa shape index (κ1) is 17.2. The van der Waals surface area contributed by atoms with Crippen molar-refractivity contribution in [3.05, 3.63) is 12.2 Å². The van der Waals surface area contributed by atoms with E-state index in [9.17, 15) is 4.79 Å². The molecule has 18 heavy (non-hydrogen) atoms. The molecule has 0 unspecified atom stereocenters. The van der Waals surface area contributed by atoms with E-state index in [1.807, 2.05) is 0 Å². The quantitative estimate of drug-likeness (QED) is 0.427. The second-order valence-corrected chi connectivity index (χ2v) is 4.91. The number of hydrogen-bond donors (Lipinski definition) is 1. The van der Waals surface area contributed by atoms with E-state index in [-0.39, 0.29) is 0 Å². The normalized spacial score (nSPS) is 10.8. The standard InChI is InChI=1S/C15H29NO2/c1-4-6-11-16(12-7-5-2)13-9-8-10-14(3)15(17)18/h3-13H2,1-2H3,(H,17,18). The zero-order valence-electron chi connectivity index (χ0n) is 12.1. The van der Waals surface area contributed by atoms with Gasteiger partial charge in [-0.1, -0.05) is 33.3 Å². The SMILES string of the molecule is C=C(CCCCN(CCCC)CCCC)C(=O)O. The van der Waals surface area contributed by atoms with Gasteiger partial charge in [-0.3, -0.25) is 0 Å². The van der Waals surface area contributed by atoms with Gasteiger partial charge in [0.1, 0.15) is 0 Å². The third-order valence-electron chi connectivity index (χ3n) is 3.16. The molecule has 0 aromatic rings. The molecule has 0 aromatic heterocycles. The van der Waals surface area contributed by atoms with E-state index in [2.05, 4.69) is 25.3 Å². The first-order valence-corrected chi connectivity index (χ1v) is 7.25. The molecule has 0 aromatic carbocycles. The summed E-state index contributed by atoms with van der Waals surface area (Å²) >= 11 is 0. The predicted octanol–water partition coefficient (Wildman–Crippen LogP) is 3.70. The largest absolute Gasteiger partial charge is 0.478 e. The monoisotopic (exact) mass is 255 g/mol. The minimum absolute atomic E-state index is 0.337. The van der Waals surface area contributed by atoms with Gasteiger partial charge >= 0.3 is 5.97 Å². The fraction of sp³-hybridized carbons (Fsp3) is 0.800. The molecule has 0 fully saturated rings. The predicted molar refractivity (Wildman–Crippen MR) is 76.9 cm³/mol. The summed E-state index contributed by atoms with van der Waals surface area (Å²) in [5, 5.41) is 8.71. The van der Waals surface area contributed by atoms with Crippen molar-refractivity contribution in [2.45, 2.75) is 58.8 Å². The van der Waals surface area contributed by atoms with Crippen LogP contribution in [0.4, 0.5) is 0 Å². The lowest BCUT2D eigenvalue weighted by Gasteiger charge is -2.21. The van der Waals surface area contributed by atoms with E-state index in [0.29, 0.717) is 12.0 Å². The van der Waals surface area contributed by atoms with Gasteiger partial charge in [0, 0.05) is 5.57 Å². The van der Waals surface area contributed by atoms with Gasteiger partial charge < -0.3 is 10.0 Å². The summed E-state index contributed by atoms with van der Waals surface area (Å²) in [6.07, 6.45) is 7.60. The second kappa shape index (κ2) is 11.3. The fourth-order valence-corrected chi connectivity index (χ4v) is 1.88. The van der Waals surface area contributed by atoms with E-state index in [1.54, 1.807) is 0 Å². The third-order valence-corrected chi connectivity index (χ3v) is 3.16. The molecule has 3 nitrogen and oxygen atoms in total. The molecule has 0 radical (unpaired) electrons. The molecule has 1 N–H and O–H groups in total. The number of carboxylic acids is 1. The number of nitrogens with zero attached hydrogens (tertiary/aromatic N) is 1. The van der Waals surface area contributed by atoms with Crippen LogP contribution in [0, 0.1) is 0 Å². The lowest BCUT2D eigenvalue weighted by atomic mass is 10.1. The minimum Gasteiger partial charge on any atom is -0.478 e. The van der Waals surface area contributed by atoms with Crippen LogP contribution in [0.15, 0.2) is 12.2 Å². The van der Waals surface area contributed by atoms with Crippen molar-refractivity contribution >= 4 is 5.97 Å². The van der Waals surface area contributed by atoms with Crippen molar-refractivity contribution in [3.63, 3.8) is 0 Å². The smallest absolute Gasteiger partial charge is 0.330 e. The average molecular weight is 255 g/mol. The minimum atomic E-state index is -0.858. The molecule has 0 aliphatic rings. The lowest BCUT2D eigenvalue weighted by Crippen LogP contribution is -2.27. The molecule has 0 heterocycles. The number of carbonyl (C=O) groups is 1. The highest BCUT2D eigenvalue weighted by atomic mass is 16.4. The summed E-state index contributed by atoms with van der Waals surface area (Å²) in [5.74, 6) is -0.858. The zero-order chi connectivity index (χ0) is 13.8. The van der Waals surface area contributed by atoms with Crippen molar-refractivity contribution < 1.29 is 9.90 Å². The molecule has 3 heteroatoms. The molecule has 0 amide bonds. The van der Waals surface area contributed by atoms with Crippen LogP contribution in [-0.2, 0) is 4.79 Å². The van der Waals surface area contributed by atoms with Crippen molar-refractivity contribution in [1.82, 2.24) is 4.90 Å². The highest BCUT2D eigenvalue weighted by Crippen LogP contribution is 2.07. The Bertz CT molecular complexity index is 231. The first-order valence-electron chi connectivity index (χ1n) is 7.25. The Morgan fingerprint density at radius 3 is 1.94 bits per heavy atom. The maximum absolute atomic E-state index is 10.6. The zero-order valence-corrected chi connectivity index (χ0v) is 12.1. The summed E-state index contributed by atoms with van der Waals surface area (Å²) in [4.78, 5) is 13.1.